The van der Waals surface area contributed by atoms with E-state index in [0.29, 0.717) is 6.54 Å². The average Bonchev–Trinajstić information content (AvgIpc) is 2.92. The van der Waals surface area contributed by atoms with Crippen molar-refractivity contribution in [3.05, 3.63) is 54.4 Å². The molecule has 0 saturated heterocycles. The van der Waals surface area contributed by atoms with Gasteiger partial charge in [-0.1, -0.05) is 12.1 Å². The Kier molecular flexibility index (Phi) is 4.66. The highest BCUT2D eigenvalue weighted by atomic mass is 19.1. The van der Waals surface area contributed by atoms with Crippen molar-refractivity contribution in [2.45, 2.75) is 19.4 Å². The van der Waals surface area contributed by atoms with Gasteiger partial charge in [0.05, 0.1) is 11.9 Å². The lowest BCUT2D eigenvalue weighted by Gasteiger charge is -2.06. The summed E-state index contributed by atoms with van der Waals surface area (Å²) in [5.41, 5.74) is 0.0945. The summed E-state index contributed by atoms with van der Waals surface area (Å²) in [6.07, 6.45) is 7.18. The summed E-state index contributed by atoms with van der Waals surface area (Å²) in [5.74, 6) is -0.848. The summed E-state index contributed by atoms with van der Waals surface area (Å²) < 4.78 is 15.3. The number of hydrogen-bond donors (Lipinski definition) is 1. The van der Waals surface area contributed by atoms with Gasteiger partial charge in [-0.25, -0.2) is 9.37 Å². The van der Waals surface area contributed by atoms with Crippen molar-refractivity contribution in [2.24, 2.45) is 0 Å². The molecule has 1 aromatic carbocycles. The molecule has 2 rings (SSSR count). The van der Waals surface area contributed by atoms with Gasteiger partial charge in [0.1, 0.15) is 5.82 Å². The number of aryl methyl sites for hydroxylation is 1. The van der Waals surface area contributed by atoms with E-state index >= 15 is 0 Å². The first-order valence-corrected chi connectivity index (χ1v) is 6.26. The monoisotopic (exact) mass is 261 g/mol. The van der Waals surface area contributed by atoms with Crippen molar-refractivity contribution in [1.82, 2.24) is 14.9 Å². The SMILES string of the molecule is O=C(NCCCCn1ccnc1)c1ccccc1F. The average molecular weight is 261 g/mol. The molecule has 1 aromatic heterocycles. The number of carbonyl (C=O) groups is 1. The summed E-state index contributed by atoms with van der Waals surface area (Å²) >= 11 is 0. The largest absolute Gasteiger partial charge is 0.352 e. The molecule has 0 unspecified atom stereocenters. The minimum absolute atomic E-state index is 0.0945. The lowest BCUT2D eigenvalue weighted by Crippen LogP contribution is -2.25. The van der Waals surface area contributed by atoms with E-state index in [1.165, 1.54) is 12.1 Å². The Hall–Kier alpha value is -2.17. The van der Waals surface area contributed by atoms with Crippen molar-refractivity contribution in [1.29, 1.82) is 0 Å². The Morgan fingerprint density at radius 2 is 2.16 bits per heavy atom. The predicted molar refractivity (Wildman–Crippen MR) is 70.2 cm³/mol. The zero-order chi connectivity index (χ0) is 13.5. The van der Waals surface area contributed by atoms with Crippen LogP contribution in [-0.2, 0) is 6.54 Å². The van der Waals surface area contributed by atoms with Crippen LogP contribution in [0.4, 0.5) is 4.39 Å². The van der Waals surface area contributed by atoms with Crippen molar-refractivity contribution < 1.29 is 9.18 Å². The van der Waals surface area contributed by atoms with E-state index in [9.17, 15) is 9.18 Å². The normalized spacial score (nSPS) is 10.4. The minimum atomic E-state index is -0.488. The maximum atomic E-state index is 13.3. The van der Waals surface area contributed by atoms with Crippen LogP contribution in [0.5, 0.6) is 0 Å². The molecule has 1 N–H and O–H groups in total. The van der Waals surface area contributed by atoms with E-state index in [-0.39, 0.29) is 11.5 Å². The van der Waals surface area contributed by atoms with Crippen LogP contribution in [-0.4, -0.2) is 22.0 Å². The van der Waals surface area contributed by atoms with E-state index in [2.05, 4.69) is 10.3 Å². The van der Waals surface area contributed by atoms with Crippen LogP contribution >= 0.6 is 0 Å². The van der Waals surface area contributed by atoms with Gasteiger partial charge >= 0.3 is 0 Å². The molecule has 0 aliphatic rings. The number of unbranched alkanes of at least 4 members (excludes halogenated alkanes) is 1. The third-order valence-electron chi connectivity index (χ3n) is 2.81. The van der Waals surface area contributed by atoms with E-state index < -0.39 is 5.82 Å². The number of rotatable bonds is 6. The molecular weight excluding hydrogens is 245 g/mol. The van der Waals surface area contributed by atoms with Gasteiger partial charge in [-0.15, -0.1) is 0 Å². The molecule has 19 heavy (non-hydrogen) atoms. The first-order chi connectivity index (χ1) is 9.27. The Morgan fingerprint density at radius 3 is 2.89 bits per heavy atom. The van der Waals surface area contributed by atoms with Crippen molar-refractivity contribution in [3.8, 4) is 0 Å². The molecule has 100 valence electrons. The van der Waals surface area contributed by atoms with E-state index in [1.807, 2.05) is 10.8 Å². The number of carbonyl (C=O) groups excluding carboxylic acids is 1. The van der Waals surface area contributed by atoms with Crippen molar-refractivity contribution >= 4 is 5.91 Å². The Balaban J connectivity index is 1.68. The Labute approximate surface area is 111 Å². The second-order valence-corrected chi connectivity index (χ2v) is 4.24. The molecule has 0 radical (unpaired) electrons. The fourth-order valence-corrected chi connectivity index (χ4v) is 1.78. The van der Waals surface area contributed by atoms with Gasteiger partial charge < -0.3 is 9.88 Å². The van der Waals surface area contributed by atoms with Gasteiger partial charge in [0, 0.05) is 25.5 Å². The zero-order valence-corrected chi connectivity index (χ0v) is 10.6. The van der Waals surface area contributed by atoms with Crippen LogP contribution in [0.1, 0.15) is 23.2 Å². The minimum Gasteiger partial charge on any atom is -0.352 e. The highest BCUT2D eigenvalue weighted by Gasteiger charge is 2.09. The Bertz CT molecular complexity index is 525. The molecule has 0 saturated carbocycles. The fourth-order valence-electron chi connectivity index (χ4n) is 1.78. The number of hydrogen-bond acceptors (Lipinski definition) is 2. The molecule has 0 aliphatic carbocycles. The van der Waals surface area contributed by atoms with Crippen LogP contribution in [0, 0.1) is 5.82 Å². The molecule has 4 nitrogen and oxygen atoms in total. The highest BCUT2D eigenvalue weighted by molar-refractivity contribution is 5.94. The third kappa shape index (κ3) is 3.91. The number of benzene rings is 1. The summed E-state index contributed by atoms with van der Waals surface area (Å²) in [6.45, 7) is 1.41. The standard InChI is InChI=1S/C14H16FN3O/c15-13-6-2-1-5-12(13)14(19)17-7-3-4-9-18-10-8-16-11-18/h1-2,5-6,8,10-11H,3-4,7,9H2,(H,17,19). The zero-order valence-electron chi connectivity index (χ0n) is 10.6. The first kappa shape index (κ1) is 13.3. The van der Waals surface area contributed by atoms with E-state index in [4.69, 9.17) is 0 Å². The maximum Gasteiger partial charge on any atom is 0.254 e. The molecule has 0 aliphatic heterocycles. The van der Waals surface area contributed by atoms with Crippen molar-refractivity contribution in [2.75, 3.05) is 6.54 Å². The summed E-state index contributed by atoms with van der Waals surface area (Å²) in [6, 6.07) is 5.98. The lowest BCUT2D eigenvalue weighted by atomic mass is 10.2. The van der Waals surface area contributed by atoms with E-state index in [0.717, 1.165) is 19.4 Å². The number of nitrogens with zero attached hydrogens (tertiary/aromatic N) is 2. The maximum absolute atomic E-state index is 13.3. The molecule has 0 fully saturated rings. The predicted octanol–water partition coefficient (Wildman–Crippen LogP) is 2.23. The number of amides is 1. The van der Waals surface area contributed by atoms with Crippen LogP contribution < -0.4 is 5.32 Å². The number of imidazole rings is 1. The van der Waals surface area contributed by atoms with Gasteiger partial charge in [-0.3, -0.25) is 4.79 Å². The van der Waals surface area contributed by atoms with Gasteiger partial charge in [0.25, 0.3) is 5.91 Å². The molecule has 1 heterocycles. The highest BCUT2D eigenvalue weighted by Crippen LogP contribution is 2.05. The molecule has 1 amide bonds. The molecule has 0 atom stereocenters. The van der Waals surface area contributed by atoms with Crippen LogP contribution in [0.3, 0.4) is 0 Å². The second-order valence-electron chi connectivity index (χ2n) is 4.24. The topological polar surface area (TPSA) is 46.9 Å². The second kappa shape index (κ2) is 6.68. The number of nitrogens with one attached hydrogen (secondary N) is 1. The van der Waals surface area contributed by atoms with Gasteiger partial charge in [-0.05, 0) is 25.0 Å². The summed E-state index contributed by atoms with van der Waals surface area (Å²) in [4.78, 5) is 15.6. The molecule has 5 heteroatoms. The molecule has 0 bridgehead atoms. The lowest BCUT2D eigenvalue weighted by molar-refractivity contribution is 0.0949. The van der Waals surface area contributed by atoms with Crippen molar-refractivity contribution in [3.63, 3.8) is 0 Å². The quantitative estimate of drug-likeness (QED) is 0.811. The molecule has 2 aromatic rings. The number of aromatic nitrogens is 2. The van der Waals surface area contributed by atoms with Crippen LogP contribution in [0.15, 0.2) is 43.0 Å². The van der Waals surface area contributed by atoms with Crippen LogP contribution in [0.2, 0.25) is 0 Å². The van der Waals surface area contributed by atoms with Crippen LogP contribution in [0.25, 0.3) is 0 Å². The molecule has 0 spiro atoms. The third-order valence-corrected chi connectivity index (χ3v) is 2.81. The fraction of sp³-hybridized carbons (Fsp3) is 0.286. The Morgan fingerprint density at radius 1 is 1.32 bits per heavy atom. The smallest absolute Gasteiger partial charge is 0.254 e. The summed E-state index contributed by atoms with van der Waals surface area (Å²) in [7, 11) is 0. The first-order valence-electron chi connectivity index (χ1n) is 6.26. The van der Waals surface area contributed by atoms with Gasteiger partial charge in [0.15, 0.2) is 0 Å². The summed E-state index contributed by atoms with van der Waals surface area (Å²) in [5, 5.41) is 2.72. The van der Waals surface area contributed by atoms with Gasteiger partial charge in [-0.2, -0.15) is 0 Å². The number of halogens is 1. The van der Waals surface area contributed by atoms with Gasteiger partial charge in [0.2, 0.25) is 0 Å². The van der Waals surface area contributed by atoms with E-state index in [1.54, 1.807) is 24.7 Å². The molecular formula is C14H16FN3O.